The molecule has 0 atom stereocenters. The van der Waals surface area contributed by atoms with Crippen molar-refractivity contribution < 1.29 is 14.3 Å². The van der Waals surface area contributed by atoms with Crippen LogP contribution in [-0.4, -0.2) is 19.7 Å². The van der Waals surface area contributed by atoms with Gasteiger partial charge in [0.15, 0.2) is 0 Å². The maximum Gasteiger partial charge on any atom is 0.341 e. The molecule has 0 saturated heterocycles. The van der Waals surface area contributed by atoms with Crippen LogP contribution >= 0.6 is 0 Å². The van der Waals surface area contributed by atoms with Crippen molar-refractivity contribution in [2.45, 2.75) is 111 Å². The highest BCUT2D eigenvalue weighted by atomic mass is 16.5. The molecule has 1 rings (SSSR count). The zero-order valence-corrected chi connectivity index (χ0v) is 20.2. The molecule has 0 aliphatic heterocycles. The van der Waals surface area contributed by atoms with Crippen molar-refractivity contribution in [2.75, 3.05) is 13.7 Å². The molecule has 30 heavy (non-hydrogen) atoms. The van der Waals surface area contributed by atoms with E-state index in [4.69, 9.17) is 9.47 Å². The molecular weight excluding hydrogens is 374 g/mol. The molecule has 0 radical (unpaired) electrons. The Kier molecular flexibility index (Phi) is 17.3. The molecule has 0 unspecified atom stereocenters. The van der Waals surface area contributed by atoms with Gasteiger partial charge in [-0.25, -0.2) is 4.79 Å². The van der Waals surface area contributed by atoms with Crippen molar-refractivity contribution in [1.82, 2.24) is 6.15 Å². The van der Waals surface area contributed by atoms with Crippen molar-refractivity contribution in [3.8, 4) is 5.75 Å². The largest absolute Gasteiger partial charge is 0.496 e. The number of hydrogen-bond acceptors (Lipinski definition) is 4. The summed E-state index contributed by atoms with van der Waals surface area (Å²) in [5.41, 5.74) is 2.64. The summed E-state index contributed by atoms with van der Waals surface area (Å²) in [5.74, 6) is 0.357. The van der Waals surface area contributed by atoms with Crippen molar-refractivity contribution in [3.63, 3.8) is 0 Å². The zero-order valence-electron chi connectivity index (χ0n) is 20.2. The Morgan fingerprint density at radius 1 is 0.767 bits per heavy atom. The van der Waals surface area contributed by atoms with Gasteiger partial charge in [0.05, 0.1) is 13.7 Å². The number of benzene rings is 1. The average Bonchev–Trinajstić information content (AvgIpc) is 2.72. The average molecular weight is 422 g/mol. The van der Waals surface area contributed by atoms with Gasteiger partial charge < -0.3 is 15.6 Å². The molecule has 0 aliphatic carbocycles. The van der Waals surface area contributed by atoms with Crippen LogP contribution in [0.1, 0.15) is 118 Å². The van der Waals surface area contributed by atoms with Gasteiger partial charge in [0, 0.05) is 0 Å². The van der Waals surface area contributed by atoms with E-state index >= 15 is 0 Å². The summed E-state index contributed by atoms with van der Waals surface area (Å²) in [6.45, 7) is 6.75. The van der Waals surface area contributed by atoms with Crippen molar-refractivity contribution in [3.05, 3.63) is 28.8 Å². The van der Waals surface area contributed by atoms with Crippen LogP contribution in [0.15, 0.2) is 12.1 Å². The lowest BCUT2D eigenvalue weighted by molar-refractivity contribution is 0.0494. The van der Waals surface area contributed by atoms with Gasteiger partial charge in [-0.3, -0.25) is 0 Å². The summed E-state index contributed by atoms with van der Waals surface area (Å²) in [6, 6.07) is 3.75. The second-order valence-electron chi connectivity index (χ2n) is 8.32. The Hall–Kier alpha value is -1.55. The molecule has 4 nitrogen and oxygen atoms in total. The van der Waals surface area contributed by atoms with Gasteiger partial charge in [0.1, 0.15) is 11.3 Å². The second-order valence-corrected chi connectivity index (χ2v) is 8.32. The third-order valence-electron chi connectivity index (χ3n) is 5.83. The Morgan fingerprint density at radius 2 is 1.23 bits per heavy atom. The summed E-state index contributed by atoms with van der Waals surface area (Å²) in [4.78, 5) is 12.3. The molecule has 0 bridgehead atoms. The van der Waals surface area contributed by atoms with Gasteiger partial charge in [-0.05, 0) is 37.5 Å². The molecule has 4 heteroatoms. The van der Waals surface area contributed by atoms with E-state index in [-0.39, 0.29) is 12.1 Å². The summed E-state index contributed by atoms with van der Waals surface area (Å²) < 4.78 is 10.9. The molecular formula is C26H47NO3. The number of carbonyl (C=O) groups is 1. The molecule has 0 aliphatic rings. The van der Waals surface area contributed by atoms with Crippen LogP contribution in [0.3, 0.4) is 0 Å². The van der Waals surface area contributed by atoms with E-state index in [9.17, 15) is 4.79 Å². The molecule has 0 amide bonds. The second kappa shape index (κ2) is 18.2. The SMILES string of the molecule is CCCCCCCCCCCCCCCCOC(=O)c1ccc(C)c(C)c1OC.N. The standard InChI is InChI=1S/C26H44O3.H3N/c1-5-6-7-8-9-10-11-12-13-14-15-16-17-18-21-29-26(27)24-20-19-22(2)23(3)25(24)28-4;/h19-20H,5-18,21H2,1-4H3;1H3. The van der Waals surface area contributed by atoms with E-state index in [1.807, 2.05) is 19.9 Å². The van der Waals surface area contributed by atoms with Crippen LogP contribution in [0.2, 0.25) is 0 Å². The number of unbranched alkanes of at least 4 members (excludes halogenated alkanes) is 13. The van der Waals surface area contributed by atoms with Gasteiger partial charge in [-0.2, -0.15) is 0 Å². The highest BCUT2D eigenvalue weighted by Gasteiger charge is 2.16. The predicted molar refractivity (Wildman–Crippen MR) is 128 cm³/mol. The highest BCUT2D eigenvalue weighted by Crippen LogP contribution is 2.26. The molecule has 0 fully saturated rings. The topological polar surface area (TPSA) is 70.5 Å². The minimum atomic E-state index is -0.278. The van der Waals surface area contributed by atoms with Gasteiger partial charge in [0.25, 0.3) is 0 Å². The Morgan fingerprint density at radius 3 is 1.70 bits per heavy atom. The third kappa shape index (κ3) is 11.6. The van der Waals surface area contributed by atoms with Gasteiger partial charge in [-0.1, -0.05) is 96.5 Å². The Bertz CT molecular complexity index is 572. The monoisotopic (exact) mass is 421 g/mol. The number of methoxy groups -OCH3 is 1. The maximum atomic E-state index is 12.3. The van der Waals surface area contributed by atoms with E-state index in [1.54, 1.807) is 13.2 Å². The summed E-state index contributed by atoms with van der Waals surface area (Å²) >= 11 is 0. The lowest BCUT2D eigenvalue weighted by Crippen LogP contribution is -2.09. The Labute approximate surface area is 185 Å². The van der Waals surface area contributed by atoms with Crippen LogP contribution < -0.4 is 10.9 Å². The minimum Gasteiger partial charge on any atom is -0.496 e. The van der Waals surface area contributed by atoms with Gasteiger partial charge in [-0.15, -0.1) is 0 Å². The maximum absolute atomic E-state index is 12.3. The highest BCUT2D eigenvalue weighted by molar-refractivity contribution is 5.93. The molecule has 174 valence electrons. The number of rotatable bonds is 17. The van der Waals surface area contributed by atoms with E-state index in [0.29, 0.717) is 17.9 Å². The van der Waals surface area contributed by atoms with E-state index in [1.165, 1.54) is 77.0 Å². The number of carbonyl (C=O) groups excluding carboxylic acids is 1. The van der Waals surface area contributed by atoms with Crippen molar-refractivity contribution in [2.24, 2.45) is 0 Å². The summed E-state index contributed by atoms with van der Waals surface area (Å²) in [7, 11) is 1.60. The first-order valence-corrected chi connectivity index (χ1v) is 11.9. The lowest BCUT2D eigenvalue weighted by Gasteiger charge is -2.13. The van der Waals surface area contributed by atoms with E-state index < -0.39 is 0 Å². The number of ether oxygens (including phenoxy) is 2. The van der Waals surface area contributed by atoms with Crippen LogP contribution in [0.4, 0.5) is 0 Å². The number of aryl methyl sites for hydroxylation is 1. The summed E-state index contributed by atoms with van der Waals surface area (Å²) in [5, 5.41) is 0. The molecule has 0 aromatic heterocycles. The lowest BCUT2D eigenvalue weighted by atomic mass is 10.0. The van der Waals surface area contributed by atoms with Crippen molar-refractivity contribution >= 4 is 5.97 Å². The first kappa shape index (κ1) is 28.5. The minimum absolute atomic E-state index is 0. The third-order valence-corrected chi connectivity index (χ3v) is 5.83. The zero-order chi connectivity index (χ0) is 21.3. The molecule has 1 aromatic carbocycles. The first-order chi connectivity index (χ1) is 14.1. The number of esters is 1. The molecule has 0 spiro atoms. The first-order valence-electron chi connectivity index (χ1n) is 11.9. The predicted octanol–water partition coefficient (Wildman–Crippen LogP) is 8.11. The van der Waals surface area contributed by atoms with E-state index in [0.717, 1.165) is 24.0 Å². The molecule has 1 aromatic rings. The Balaban J connectivity index is 0.00000841. The number of hydrogen-bond donors (Lipinski definition) is 1. The van der Waals surface area contributed by atoms with Crippen LogP contribution in [0.25, 0.3) is 0 Å². The van der Waals surface area contributed by atoms with E-state index in [2.05, 4.69) is 6.92 Å². The summed E-state index contributed by atoms with van der Waals surface area (Å²) in [6.07, 6.45) is 18.6. The van der Waals surface area contributed by atoms with Gasteiger partial charge in [0.2, 0.25) is 0 Å². The molecule has 0 saturated carbocycles. The fourth-order valence-corrected chi connectivity index (χ4v) is 3.75. The smallest absolute Gasteiger partial charge is 0.341 e. The van der Waals surface area contributed by atoms with Crippen LogP contribution in [-0.2, 0) is 4.74 Å². The molecule has 0 heterocycles. The fraction of sp³-hybridized carbons (Fsp3) is 0.731. The van der Waals surface area contributed by atoms with Gasteiger partial charge >= 0.3 is 5.97 Å². The molecule has 3 N–H and O–H groups in total. The normalized spacial score (nSPS) is 10.5. The van der Waals surface area contributed by atoms with Crippen molar-refractivity contribution in [1.29, 1.82) is 0 Å². The quantitative estimate of drug-likeness (QED) is 0.204. The van der Waals surface area contributed by atoms with Crippen LogP contribution in [0.5, 0.6) is 5.75 Å². The fourth-order valence-electron chi connectivity index (χ4n) is 3.75. The van der Waals surface area contributed by atoms with Crippen LogP contribution in [0, 0.1) is 13.8 Å².